The molecule has 1 saturated carbocycles. The van der Waals surface area contributed by atoms with Crippen LogP contribution in [0.4, 0.5) is 11.5 Å². The summed E-state index contributed by atoms with van der Waals surface area (Å²) in [6.07, 6.45) is 3.97. The van der Waals surface area contributed by atoms with Crippen LogP contribution in [0.25, 0.3) is 21.9 Å². The highest BCUT2D eigenvalue weighted by molar-refractivity contribution is 6.33. The number of anilines is 2. The van der Waals surface area contributed by atoms with Crippen LogP contribution in [0.15, 0.2) is 72.9 Å². The van der Waals surface area contributed by atoms with E-state index < -0.39 is 0 Å². The van der Waals surface area contributed by atoms with Crippen molar-refractivity contribution in [1.29, 1.82) is 5.41 Å². The molecule has 2 heterocycles. The molecular formula is C32H33ClN6O. The van der Waals surface area contributed by atoms with Crippen molar-refractivity contribution in [3.63, 3.8) is 0 Å². The third-order valence-corrected chi connectivity index (χ3v) is 8.05. The van der Waals surface area contributed by atoms with E-state index in [1.807, 2.05) is 72.9 Å². The van der Waals surface area contributed by atoms with Crippen LogP contribution in [-0.2, 0) is 6.54 Å². The van der Waals surface area contributed by atoms with Crippen LogP contribution >= 0.6 is 11.6 Å². The normalized spacial score (nSPS) is 16.1. The van der Waals surface area contributed by atoms with Crippen molar-refractivity contribution < 1.29 is 4.79 Å². The van der Waals surface area contributed by atoms with Gasteiger partial charge < -0.3 is 15.5 Å². The van der Waals surface area contributed by atoms with E-state index in [1.54, 1.807) is 0 Å². The summed E-state index contributed by atoms with van der Waals surface area (Å²) in [4.78, 5) is 22.3. The van der Waals surface area contributed by atoms with E-state index in [-0.39, 0.29) is 5.91 Å². The molecule has 0 atom stereocenters. The van der Waals surface area contributed by atoms with Gasteiger partial charge in [0.1, 0.15) is 11.7 Å². The molecule has 40 heavy (non-hydrogen) atoms. The number of carbonyl (C=O) groups is 1. The lowest BCUT2D eigenvalue weighted by atomic mass is 10.0. The Balaban J connectivity index is 1.14. The van der Waals surface area contributed by atoms with E-state index in [1.165, 1.54) is 5.56 Å². The lowest BCUT2D eigenvalue weighted by Gasteiger charge is -2.32. The molecule has 2 aliphatic rings. The number of aromatic nitrogens is 1. The standard InChI is InChI=1S/C32H33ClN6O/c1-38-12-14-39(15-13-38)20-21-2-4-23(5-3-21)32(40)36-27-10-11-29(33)28(18-27)25-9-8-24-17-30(35-19-26(24)16-25)37-31(34)22-6-7-22/h2-5,8-11,16-19,22H,6-7,12-15,20H2,1H3,(H,36,40)(H2,34,35,37). The summed E-state index contributed by atoms with van der Waals surface area (Å²) in [5, 5.41) is 16.9. The van der Waals surface area contributed by atoms with Crippen LogP contribution in [-0.4, -0.2) is 59.8 Å². The van der Waals surface area contributed by atoms with Crippen molar-refractivity contribution in [3.05, 3.63) is 89.1 Å². The van der Waals surface area contributed by atoms with Crippen molar-refractivity contribution in [2.75, 3.05) is 43.9 Å². The van der Waals surface area contributed by atoms with Gasteiger partial charge in [-0.15, -0.1) is 0 Å². The van der Waals surface area contributed by atoms with Gasteiger partial charge in [-0.2, -0.15) is 0 Å². The molecule has 1 saturated heterocycles. The molecule has 6 rings (SSSR count). The highest BCUT2D eigenvalue weighted by Gasteiger charge is 2.26. The smallest absolute Gasteiger partial charge is 0.255 e. The quantitative estimate of drug-likeness (QED) is 0.184. The summed E-state index contributed by atoms with van der Waals surface area (Å²) < 4.78 is 0. The molecule has 2 fully saturated rings. The van der Waals surface area contributed by atoms with Crippen molar-refractivity contribution >= 4 is 45.6 Å². The summed E-state index contributed by atoms with van der Waals surface area (Å²) in [6, 6.07) is 21.5. The van der Waals surface area contributed by atoms with Gasteiger partial charge in [-0.05, 0) is 78.9 Å². The Labute approximate surface area is 239 Å². The zero-order valence-electron chi connectivity index (χ0n) is 22.6. The minimum atomic E-state index is -0.154. The van der Waals surface area contributed by atoms with E-state index in [4.69, 9.17) is 17.0 Å². The van der Waals surface area contributed by atoms with Crippen molar-refractivity contribution in [3.8, 4) is 11.1 Å². The number of hydrogen-bond acceptors (Lipinski definition) is 5. The van der Waals surface area contributed by atoms with Gasteiger partial charge in [-0.3, -0.25) is 15.1 Å². The molecule has 1 aliphatic carbocycles. The van der Waals surface area contributed by atoms with Gasteiger partial charge in [0, 0.05) is 72.1 Å². The van der Waals surface area contributed by atoms with Crippen LogP contribution in [0.2, 0.25) is 5.02 Å². The lowest BCUT2D eigenvalue weighted by Crippen LogP contribution is -2.43. The predicted octanol–water partition coefficient (Wildman–Crippen LogP) is 6.35. The minimum Gasteiger partial charge on any atom is -0.329 e. The van der Waals surface area contributed by atoms with Crippen molar-refractivity contribution in [1.82, 2.24) is 14.8 Å². The molecule has 1 amide bonds. The molecule has 4 aromatic rings. The number of carbonyl (C=O) groups excluding carboxylic acids is 1. The van der Waals surface area contributed by atoms with Crippen LogP contribution in [0.3, 0.4) is 0 Å². The zero-order valence-corrected chi connectivity index (χ0v) is 23.3. The Morgan fingerprint density at radius 2 is 1.73 bits per heavy atom. The number of benzene rings is 3. The predicted molar refractivity (Wildman–Crippen MR) is 163 cm³/mol. The fourth-order valence-corrected chi connectivity index (χ4v) is 5.27. The SMILES string of the molecule is CN1CCN(Cc2ccc(C(=O)Nc3ccc(Cl)c(-c4ccc5cc(NC(=N)C6CC6)ncc5c4)c3)cc2)CC1. The molecule has 8 heteroatoms. The first kappa shape index (κ1) is 26.4. The van der Waals surface area contributed by atoms with Gasteiger partial charge in [0.25, 0.3) is 5.91 Å². The fraction of sp³-hybridized carbons (Fsp3) is 0.281. The minimum absolute atomic E-state index is 0.154. The first-order valence-electron chi connectivity index (χ1n) is 13.8. The number of rotatable bonds is 7. The Morgan fingerprint density at radius 1 is 0.950 bits per heavy atom. The number of amidine groups is 1. The molecule has 3 aromatic carbocycles. The van der Waals surface area contributed by atoms with Gasteiger partial charge >= 0.3 is 0 Å². The summed E-state index contributed by atoms with van der Waals surface area (Å²) in [6.45, 7) is 5.21. The maximum atomic E-state index is 13.0. The number of fused-ring (bicyclic) bond motifs is 1. The second-order valence-electron chi connectivity index (χ2n) is 10.9. The Bertz CT molecular complexity index is 1560. The van der Waals surface area contributed by atoms with Crippen LogP contribution < -0.4 is 10.6 Å². The molecule has 0 spiro atoms. The van der Waals surface area contributed by atoms with E-state index >= 15 is 0 Å². The number of pyridine rings is 1. The topological polar surface area (TPSA) is 84.4 Å². The molecule has 0 unspecified atom stereocenters. The van der Waals surface area contributed by atoms with Gasteiger partial charge in [-0.1, -0.05) is 35.9 Å². The lowest BCUT2D eigenvalue weighted by molar-refractivity contribution is 0.102. The number of likely N-dealkylation sites (N-methyl/N-ethyl adjacent to an activating group) is 1. The molecule has 1 aromatic heterocycles. The highest BCUT2D eigenvalue weighted by Crippen LogP contribution is 2.34. The van der Waals surface area contributed by atoms with E-state index in [0.29, 0.717) is 33.8 Å². The monoisotopic (exact) mass is 552 g/mol. The Morgan fingerprint density at radius 3 is 2.48 bits per heavy atom. The third-order valence-electron chi connectivity index (χ3n) is 7.72. The number of halogens is 1. The van der Waals surface area contributed by atoms with Crippen LogP contribution in [0, 0.1) is 11.3 Å². The molecule has 3 N–H and O–H groups in total. The Kier molecular flexibility index (Phi) is 7.52. The fourth-order valence-electron chi connectivity index (χ4n) is 5.04. The molecule has 204 valence electrons. The Hall–Kier alpha value is -3.78. The zero-order chi connectivity index (χ0) is 27.6. The summed E-state index contributed by atoms with van der Waals surface area (Å²) >= 11 is 6.59. The molecule has 1 aliphatic heterocycles. The van der Waals surface area contributed by atoms with Crippen LogP contribution in [0.1, 0.15) is 28.8 Å². The van der Waals surface area contributed by atoms with Gasteiger partial charge in [-0.25, -0.2) is 4.98 Å². The average molecular weight is 553 g/mol. The van der Waals surface area contributed by atoms with E-state index in [9.17, 15) is 4.79 Å². The molecular weight excluding hydrogens is 520 g/mol. The second kappa shape index (κ2) is 11.4. The number of piperazine rings is 1. The van der Waals surface area contributed by atoms with Gasteiger partial charge in [0.05, 0.1) is 0 Å². The summed E-state index contributed by atoms with van der Waals surface area (Å²) in [5.41, 5.74) is 4.29. The number of amides is 1. The first-order valence-corrected chi connectivity index (χ1v) is 14.2. The van der Waals surface area contributed by atoms with Crippen molar-refractivity contribution in [2.24, 2.45) is 5.92 Å². The van der Waals surface area contributed by atoms with Crippen molar-refractivity contribution in [2.45, 2.75) is 19.4 Å². The third kappa shape index (κ3) is 6.17. The molecule has 7 nitrogen and oxygen atoms in total. The molecule has 0 bridgehead atoms. The number of nitrogens with zero attached hydrogens (tertiary/aromatic N) is 3. The first-order chi connectivity index (χ1) is 19.4. The number of hydrogen-bond donors (Lipinski definition) is 3. The van der Waals surface area contributed by atoms with E-state index in [0.717, 1.165) is 67.5 Å². The maximum absolute atomic E-state index is 13.0. The summed E-state index contributed by atoms with van der Waals surface area (Å²) in [7, 11) is 2.16. The largest absolute Gasteiger partial charge is 0.329 e. The van der Waals surface area contributed by atoms with E-state index in [2.05, 4.69) is 32.5 Å². The van der Waals surface area contributed by atoms with Gasteiger partial charge in [0.15, 0.2) is 0 Å². The highest BCUT2D eigenvalue weighted by atomic mass is 35.5. The maximum Gasteiger partial charge on any atom is 0.255 e. The average Bonchev–Trinajstić information content (AvgIpc) is 3.81. The van der Waals surface area contributed by atoms with Crippen LogP contribution in [0.5, 0.6) is 0 Å². The second-order valence-corrected chi connectivity index (χ2v) is 11.3. The van der Waals surface area contributed by atoms with Gasteiger partial charge in [0.2, 0.25) is 0 Å². The number of nitrogens with one attached hydrogen (secondary N) is 3. The summed E-state index contributed by atoms with van der Waals surface area (Å²) in [5.74, 6) is 1.42. The molecule has 0 radical (unpaired) electrons.